The first-order valence-electron chi connectivity index (χ1n) is 5.99. The molecule has 0 saturated heterocycles. The fraction of sp³-hybridized carbons (Fsp3) is 0.231. The minimum Gasteiger partial charge on any atom is -0.475 e. The number of carboxylic acid groups (broad SMARTS) is 1. The lowest BCUT2D eigenvalue weighted by Gasteiger charge is -1.98. The number of carboxylic acids is 1. The first-order chi connectivity index (χ1) is 9.79. The predicted molar refractivity (Wildman–Crippen MR) is 74.7 cm³/mol. The van der Waals surface area contributed by atoms with Crippen molar-refractivity contribution in [2.45, 2.75) is 19.8 Å². The summed E-state index contributed by atoms with van der Waals surface area (Å²) in [6.07, 6.45) is 0. The van der Waals surface area contributed by atoms with Crippen LogP contribution in [0.2, 0.25) is 5.02 Å². The average Bonchev–Trinajstić information content (AvgIpc) is 2.83. The zero-order valence-electron chi connectivity index (χ0n) is 11.2. The molecule has 0 amide bonds. The maximum atomic E-state index is 11.1. The van der Waals surface area contributed by atoms with Crippen molar-refractivity contribution in [3.05, 3.63) is 44.8 Å². The number of aromatic nitrogens is 1. The summed E-state index contributed by atoms with van der Waals surface area (Å²) in [5, 5.41) is 20.1. The molecule has 0 aliphatic rings. The Kier molecular flexibility index (Phi) is 3.95. The van der Waals surface area contributed by atoms with Crippen molar-refractivity contribution >= 4 is 23.3 Å². The molecule has 0 spiro atoms. The predicted octanol–water partition coefficient (Wildman–Crippen LogP) is 3.72. The molecule has 0 saturated carbocycles. The van der Waals surface area contributed by atoms with Gasteiger partial charge in [0.15, 0.2) is 0 Å². The molecule has 110 valence electrons. The molecular formula is C13H11ClN2O5. The van der Waals surface area contributed by atoms with Gasteiger partial charge in [0.05, 0.1) is 10.6 Å². The summed E-state index contributed by atoms with van der Waals surface area (Å²) >= 11 is 5.83. The van der Waals surface area contributed by atoms with Crippen LogP contribution in [-0.4, -0.2) is 21.0 Å². The van der Waals surface area contributed by atoms with Crippen molar-refractivity contribution in [1.82, 2.24) is 4.98 Å². The van der Waals surface area contributed by atoms with Crippen LogP contribution in [0.25, 0.3) is 11.5 Å². The topological polar surface area (TPSA) is 106 Å². The molecular weight excluding hydrogens is 300 g/mol. The number of aromatic carboxylic acids is 1. The van der Waals surface area contributed by atoms with E-state index in [1.54, 1.807) is 13.8 Å². The van der Waals surface area contributed by atoms with Gasteiger partial charge in [0.25, 0.3) is 5.69 Å². The summed E-state index contributed by atoms with van der Waals surface area (Å²) < 4.78 is 5.22. The lowest BCUT2D eigenvalue weighted by atomic mass is 10.1. The normalized spacial score (nSPS) is 10.9. The Labute approximate surface area is 124 Å². The number of nitro groups is 1. The third-order valence-corrected chi connectivity index (χ3v) is 2.95. The Hall–Kier alpha value is -2.41. The van der Waals surface area contributed by atoms with Crippen molar-refractivity contribution in [3.8, 4) is 11.5 Å². The van der Waals surface area contributed by atoms with Gasteiger partial charge in [-0.25, -0.2) is 9.78 Å². The first-order valence-corrected chi connectivity index (χ1v) is 6.36. The van der Waals surface area contributed by atoms with E-state index in [9.17, 15) is 14.9 Å². The molecule has 1 N–H and O–H groups in total. The number of halogens is 1. The molecule has 0 bridgehead atoms. The molecule has 2 aromatic rings. The zero-order chi connectivity index (χ0) is 15.7. The van der Waals surface area contributed by atoms with Gasteiger partial charge >= 0.3 is 5.97 Å². The van der Waals surface area contributed by atoms with E-state index < -0.39 is 10.9 Å². The summed E-state index contributed by atoms with van der Waals surface area (Å²) in [7, 11) is 0. The molecule has 0 aliphatic heterocycles. The SMILES string of the molecule is CC(C)c1nc(-c2cc(Cl)cc([N+](=O)[O-])c2)oc1C(=O)O. The molecule has 0 radical (unpaired) electrons. The lowest BCUT2D eigenvalue weighted by molar-refractivity contribution is -0.384. The maximum absolute atomic E-state index is 11.1. The van der Waals surface area contributed by atoms with Gasteiger partial charge in [0.1, 0.15) is 0 Å². The molecule has 1 aromatic heterocycles. The molecule has 0 unspecified atom stereocenters. The summed E-state index contributed by atoms with van der Waals surface area (Å²) in [4.78, 5) is 25.5. The summed E-state index contributed by atoms with van der Waals surface area (Å²) in [6, 6.07) is 3.85. The number of hydrogen-bond donors (Lipinski definition) is 1. The molecule has 2 rings (SSSR count). The van der Waals surface area contributed by atoms with Crippen LogP contribution in [0.4, 0.5) is 5.69 Å². The van der Waals surface area contributed by atoms with E-state index in [-0.39, 0.29) is 39.5 Å². The van der Waals surface area contributed by atoms with Gasteiger partial charge in [-0.05, 0) is 12.0 Å². The van der Waals surface area contributed by atoms with Crippen LogP contribution in [0.5, 0.6) is 0 Å². The summed E-state index contributed by atoms with van der Waals surface area (Å²) in [5.74, 6) is -1.69. The number of non-ortho nitro benzene ring substituents is 1. The quantitative estimate of drug-likeness (QED) is 0.681. The minimum atomic E-state index is -1.24. The number of nitrogens with zero attached hydrogens (tertiary/aromatic N) is 2. The standard InChI is InChI=1S/C13H11ClN2O5/c1-6(2)10-11(13(17)18)21-12(15-10)7-3-8(14)5-9(4-7)16(19)20/h3-6H,1-2H3,(H,17,18). The molecule has 0 atom stereocenters. The summed E-state index contributed by atoms with van der Waals surface area (Å²) in [5.41, 5.74) is 0.308. The van der Waals surface area contributed by atoms with E-state index in [0.29, 0.717) is 0 Å². The fourth-order valence-corrected chi connectivity index (χ4v) is 2.03. The highest BCUT2D eigenvalue weighted by molar-refractivity contribution is 6.31. The van der Waals surface area contributed by atoms with Crippen LogP contribution in [0.3, 0.4) is 0 Å². The van der Waals surface area contributed by atoms with Crippen molar-refractivity contribution < 1.29 is 19.2 Å². The Balaban J connectivity index is 2.59. The number of nitro benzene ring substituents is 1. The molecule has 0 fully saturated rings. The minimum absolute atomic E-state index is 0.0123. The van der Waals surface area contributed by atoms with Crippen molar-refractivity contribution in [2.24, 2.45) is 0 Å². The van der Waals surface area contributed by atoms with Crippen LogP contribution in [0.1, 0.15) is 36.0 Å². The van der Waals surface area contributed by atoms with E-state index in [1.807, 2.05) is 0 Å². The van der Waals surface area contributed by atoms with Gasteiger partial charge in [0.2, 0.25) is 11.7 Å². The Morgan fingerprint density at radius 3 is 2.57 bits per heavy atom. The fourth-order valence-electron chi connectivity index (χ4n) is 1.80. The second-order valence-corrected chi connectivity index (χ2v) is 5.08. The number of benzene rings is 1. The molecule has 0 aliphatic carbocycles. The second-order valence-electron chi connectivity index (χ2n) is 4.65. The first kappa shape index (κ1) is 15.0. The van der Waals surface area contributed by atoms with Crippen LogP contribution >= 0.6 is 11.6 Å². The van der Waals surface area contributed by atoms with Gasteiger partial charge in [-0.15, -0.1) is 0 Å². The highest BCUT2D eigenvalue weighted by atomic mass is 35.5. The molecule has 7 nitrogen and oxygen atoms in total. The van der Waals surface area contributed by atoms with Crippen molar-refractivity contribution in [1.29, 1.82) is 0 Å². The summed E-state index contributed by atoms with van der Waals surface area (Å²) in [6.45, 7) is 3.54. The average molecular weight is 311 g/mol. The number of hydrogen-bond acceptors (Lipinski definition) is 5. The van der Waals surface area contributed by atoms with Crippen LogP contribution in [0, 0.1) is 10.1 Å². The number of oxazole rings is 1. The monoisotopic (exact) mass is 310 g/mol. The van der Waals surface area contributed by atoms with Crippen molar-refractivity contribution in [2.75, 3.05) is 0 Å². The van der Waals surface area contributed by atoms with Gasteiger partial charge in [-0.1, -0.05) is 25.4 Å². The van der Waals surface area contributed by atoms with Crippen LogP contribution < -0.4 is 0 Å². The smallest absolute Gasteiger partial charge is 0.373 e. The molecule has 1 aromatic carbocycles. The van der Waals surface area contributed by atoms with Crippen LogP contribution in [0.15, 0.2) is 22.6 Å². The third kappa shape index (κ3) is 3.03. The van der Waals surface area contributed by atoms with Crippen molar-refractivity contribution in [3.63, 3.8) is 0 Å². The Morgan fingerprint density at radius 2 is 2.10 bits per heavy atom. The van der Waals surface area contributed by atoms with E-state index in [2.05, 4.69) is 4.98 Å². The number of carbonyl (C=O) groups is 1. The zero-order valence-corrected chi connectivity index (χ0v) is 11.9. The molecule has 8 heteroatoms. The third-order valence-electron chi connectivity index (χ3n) is 2.73. The van der Waals surface area contributed by atoms with E-state index in [1.165, 1.54) is 18.2 Å². The van der Waals surface area contributed by atoms with Gasteiger partial charge in [-0.3, -0.25) is 10.1 Å². The van der Waals surface area contributed by atoms with Crippen LogP contribution in [-0.2, 0) is 0 Å². The van der Waals surface area contributed by atoms with E-state index in [0.717, 1.165) is 0 Å². The highest BCUT2D eigenvalue weighted by Gasteiger charge is 2.23. The van der Waals surface area contributed by atoms with E-state index in [4.69, 9.17) is 21.1 Å². The van der Waals surface area contributed by atoms with Gasteiger partial charge in [-0.2, -0.15) is 0 Å². The highest BCUT2D eigenvalue weighted by Crippen LogP contribution is 2.31. The number of rotatable bonds is 4. The maximum Gasteiger partial charge on any atom is 0.373 e. The largest absolute Gasteiger partial charge is 0.475 e. The second kappa shape index (κ2) is 5.53. The van der Waals surface area contributed by atoms with Gasteiger partial charge in [0, 0.05) is 22.7 Å². The Morgan fingerprint density at radius 1 is 1.43 bits per heavy atom. The van der Waals surface area contributed by atoms with E-state index >= 15 is 0 Å². The lowest BCUT2D eigenvalue weighted by Crippen LogP contribution is -2.01. The van der Waals surface area contributed by atoms with Gasteiger partial charge < -0.3 is 9.52 Å². The molecule has 1 heterocycles. The molecule has 21 heavy (non-hydrogen) atoms. The Bertz CT molecular complexity index is 723.